The number of aliphatic hydroxyl groups is 1. The molecule has 2 aliphatic rings. The Balaban J connectivity index is 1.49. The van der Waals surface area contributed by atoms with Gasteiger partial charge in [-0.3, -0.25) is 9.69 Å². The molecule has 2 saturated heterocycles. The van der Waals surface area contributed by atoms with Crippen LogP contribution in [0.2, 0.25) is 0 Å². The molecule has 28 heavy (non-hydrogen) atoms. The Morgan fingerprint density at radius 3 is 2.57 bits per heavy atom. The van der Waals surface area contributed by atoms with Gasteiger partial charge in [0.1, 0.15) is 0 Å². The molecule has 2 aliphatic heterocycles. The summed E-state index contributed by atoms with van der Waals surface area (Å²) in [4.78, 5) is 17.1. The lowest BCUT2D eigenvalue weighted by Gasteiger charge is -2.38. The Kier molecular flexibility index (Phi) is 7.46. The average Bonchev–Trinajstić information content (AvgIpc) is 2.70. The number of hydrogen-bond acceptors (Lipinski definition) is 5. The Morgan fingerprint density at radius 2 is 1.89 bits per heavy atom. The fraction of sp³-hybridized carbons (Fsp3) is 0.682. The van der Waals surface area contributed by atoms with Crippen LogP contribution in [0.1, 0.15) is 43.7 Å². The number of benzene rings is 1. The maximum atomic E-state index is 12.9. The van der Waals surface area contributed by atoms with Crippen LogP contribution in [0.3, 0.4) is 0 Å². The van der Waals surface area contributed by atoms with E-state index in [2.05, 4.69) is 48.3 Å². The van der Waals surface area contributed by atoms with Gasteiger partial charge in [0.25, 0.3) is 5.91 Å². The Labute approximate surface area is 168 Å². The van der Waals surface area contributed by atoms with Gasteiger partial charge in [-0.2, -0.15) is 0 Å². The molecule has 0 aliphatic carbocycles. The van der Waals surface area contributed by atoms with E-state index in [1.165, 1.54) is 5.56 Å². The van der Waals surface area contributed by atoms with E-state index in [4.69, 9.17) is 4.74 Å². The van der Waals surface area contributed by atoms with Gasteiger partial charge in [-0.15, -0.1) is 0 Å². The number of likely N-dealkylation sites (tertiary alicyclic amines) is 1. The van der Waals surface area contributed by atoms with Crippen molar-refractivity contribution in [1.82, 2.24) is 15.1 Å². The molecule has 6 heteroatoms. The second kappa shape index (κ2) is 9.83. The summed E-state index contributed by atoms with van der Waals surface area (Å²) in [7, 11) is 0. The van der Waals surface area contributed by atoms with Crippen LogP contribution in [-0.2, 0) is 16.1 Å². The van der Waals surface area contributed by atoms with Crippen molar-refractivity contribution in [2.24, 2.45) is 0 Å². The molecule has 0 saturated carbocycles. The monoisotopic (exact) mass is 389 g/mol. The molecule has 2 heterocycles. The summed E-state index contributed by atoms with van der Waals surface area (Å²) in [5, 5.41) is 14.3. The fourth-order valence-corrected chi connectivity index (χ4v) is 3.97. The van der Waals surface area contributed by atoms with Crippen molar-refractivity contribution in [3.05, 3.63) is 35.4 Å². The molecule has 0 bridgehead atoms. The second-order valence-corrected chi connectivity index (χ2v) is 8.39. The molecule has 0 aromatic heterocycles. The first-order chi connectivity index (χ1) is 13.5. The molecular weight excluding hydrogens is 354 g/mol. The topological polar surface area (TPSA) is 65.0 Å². The van der Waals surface area contributed by atoms with Crippen molar-refractivity contribution in [2.45, 2.75) is 44.8 Å². The number of morpholine rings is 1. The van der Waals surface area contributed by atoms with Crippen LogP contribution in [0.4, 0.5) is 0 Å². The van der Waals surface area contributed by atoms with Crippen LogP contribution in [0.5, 0.6) is 0 Å². The van der Waals surface area contributed by atoms with E-state index >= 15 is 0 Å². The zero-order chi connectivity index (χ0) is 20.0. The number of ether oxygens (including phenoxy) is 1. The normalized spacial score (nSPS) is 24.1. The van der Waals surface area contributed by atoms with Gasteiger partial charge in [-0.1, -0.05) is 38.1 Å². The summed E-state index contributed by atoms with van der Waals surface area (Å²) in [5.41, 5.74) is 1.12. The molecule has 0 unspecified atom stereocenters. The van der Waals surface area contributed by atoms with Gasteiger partial charge in [0, 0.05) is 45.8 Å². The van der Waals surface area contributed by atoms with Crippen LogP contribution in [0, 0.1) is 0 Å². The first-order valence-corrected chi connectivity index (χ1v) is 10.6. The highest BCUT2D eigenvalue weighted by molar-refractivity contribution is 5.86. The molecule has 6 nitrogen and oxygen atoms in total. The molecule has 2 N–H and O–H groups in total. The van der Waals surface area contributed by atoms with Crippen LogP contribution >= 0.6 is 0 Å². The molecule has 156 valence electrons. The summed E-state index contributed by atoms with van der Waals surface area (Å²) < 4.78 is 5.36. The van der Waals surface area contributed by atoms with Gasteiger partial charge in [0.05, 0.1) is 13.2 Å². The first-order valence-electron chi connectivity index (χ1n) is 10.6. The lowest BCUT2D eigenvalue weighted by atomic mass is 9.91. The van der Waals surface area contributed by atoms with Crippen molar-refractivity contribution < 1.29 is 14.6 Å². The second-order valence-electron chi connectivity index (χ2n) is 8.39. The van der Waals surface area contributed by atoms with Gasteiger partial charge < -0.3 is 20.1 Å². The third-order valence-electron chi connectivity index (χ3n) is 5.85. The molecule has 1 amide bonds. The van der Waals surface area contributed by atoms with Crippen LogP contribution in [-0.4, -0.2) is 78.9 Å². The van der Waals surface area contributed by atoms with Crippen molar-refractivity contribution in [2.75, 3.05) is 52.5 Å². The van der Waals surface area contributed by atoms with E-state index in [-0.39, 0.29) is 5.91 Å². The minimum absolute atomic E-state index is 0.148. The minimum atomic E-state index is -1.29. The third-order valence-corrected chi connectivity index (χ3v) is 5.85. The molecule has 0 spiro atoms. The highest BCUT2D eigenvalue weighted by atomic mass is 16.5. The van der Waals surface area contributed by atoms with E-state index < -0.39 is 5.60 Å². The summed E-state index contributed by atoms with van der Waals surface area (Å²) in [5.74, 6) is 0.352. The molecule has 1 atom stereocenters. The molecular formula is C22H35N3O3. The number of carbonyl (C=O) groups excluding carboxylic acids is 1. The van der Waals surface area contributed by atoms with Crippen molar-refractivity contribution in [3.8, 4) is 0 Å². The summed E-state index contributed by atoms with van der Waals surface area (Å²) in [6.45, 7) is 11.1. The van der Waals surface area contributed by atoms with Crippen molar-refractivity contribution in [1.29, 1.82) is 0 Å². The number of nitrogens with one attached hydrogen (secondary N) is 1. The Hall–Kier alpha value is -1.47. The maximum absolute atomic E-state index is 12.9. The van der Waals surface area contributed by atoms with E-state index in [9.17, 15) is 9.90 Å². The number of rotatable bonds is 8. The molecule has 3 rings (SSSR count). The van der Waals surface area contributed by atoms with Gasteiger partial charge in [-0.25, -0.2) is 0 Å². The predicted molar refractivity (Wildman–Crippen MR) is 110 cm³/mol. The lowest BCUT2D eigenvalue weighted by Crippen LogP contribution is -2.58. The molecule has 2 fully saturated rings. The Morgan fingerprint density at radius 1 is 1.18 bits per heavy atom. The number of carbonyl (C=O) groups is 1. The largest absolute Gasteiger partial charge is 0.379 e. The number of piperidine rings is 1. The summed E-state index contributed by atoms with van der Waals surface area (Å²) >= 11 is 0. The summed E-state index contributed by atoms with van der Waals surface area (Å²) in [6.07, 6.45) is 1.36. The number of hydrogen-bond donors (Lipinski definition) is 2. The van der Waals surface area contributed by atoms with E-state index in [1.807, 2.05) is 0 Å². The van der Waals surface area contributed by atoms with Gasteiger partial charge in [0.2, 0.25) is 0 Å². The zero-order valence-corrected chi connectivity index (χ0v) is 17.3. The zero-order valence-electron chi connectivity index (χ0n) is 17.3. The molecule has 1 aromatic carbocycles. The van der Waals surface area contributed by atoms with E-state index in [0.717, 1.165) is 51.4 Å². The van der Waals surface area contributed by atoms with Crippen LogP contribution < -0.4 is 5.32 Å². The van der Waals surface area contributed by atoms with Gasteiger partial charge in [0.15, 0.2) is 5.60 Å². The van der Waals surface area contributed by atoms with Crippen molar-refractivity contribution >= 4 is 5.91 Å². The summed E-state index contributed by atoms with van der Waals surface area (Å²) in [6, 6.07) is 8.45. The van der Waals surface area contributed by atoms with Crippen LogP contribution in [0.15, 0.2) is 24.3 Å². The Bertz CT molecular complexity index is 628. The smallest absolute Gasteiger partial charge is 0.256 e. The molecule has 0 radical (unpaired) electrons. The maximum Gasteiger partial charge on any atom is 0.256 e. The third kappa shape index (κ3) is 5.54. The standard InChI is InChI=1S/C22H35N3O3/c1-18(2)20-6-4-19(5-7-20)16-25-10-3-8-22(27,21(25)26)17-23-9-11-24-12-14-28-15-13-24/h4-7,18,23,27H,3,8-17H2,1-2H3/t22-/m0/s1. The van der Waals surface area contributed by atoms with Crippen LogP contribution in [0.25, 0.3) is 0 Å². The SMILES string of the molecule is CC(C)c1ccc(CN2CCC[C@](O)(CNCCN3CCOCC3)C2=O)cc1. The quantitative estimate of drug-likeness (QED) is 0.661. The predicted octanol–water partition coefficient (Wildman–Crippen LogP) is 1.59. The molecule has 1 aromatic rings. The average molecular weight is 390 g/mol. The van der Waals surface area contributed by atoms with Gasteiger partial charge in [-0.05, 0) is 29.9 Å². The van der Waals surface area contributed by atoms with Crippen molar-refractivity contribution in [3.63, 3.8) is 0 Å². The van der Waals surface area contributed by atoms with E-state index in [1.54, 1.807) is 4.90 Å². The number of amides is 1. The highest BCUT2D eigenvalue weighted by Gasteiger charge is 2.41. The number of nitrogens with zero attached hydrogens (tertiary/aromatic N) is 2. The highest BCUT2D eigenvalue weighted by Crippen LogP contribution is 2.24. The van der Waals surface area contributed by atoms with E-state index in [0.29, 0.717) is 32.0 Å². The van der Waals surface area contributed by atoms with Gasteiger partial charge >= 0.3 is 0 Å². The minimum Gasteiger partial charge on any atom is -0.379 e. The first kappa shape index (κ1) is 21.2. The lowest BCUT2D eigenvalue weighted by molar-refractivity contribution is -0.157. The fourth-order valence-electron chi connectivity index (χ4n) is 3.97.